The summed E-state index contributed by atoms with van der Waals surface area (Å²) in [6, 6.07) is 70.4. The van der Waals surface area contributed by atoms with E-state index < -0.39 is 0 Å². The number of nitrogens with zero attached hydrogens (tertiary/aromatic N) is 4. The SMILES string of the molecule is c1ccc2c(-c3cc(-c4cc5ccccc5c5ccccc45)nc(-n4c5ccccc5c5c6ccccc6c6c(c7cccc8c9ccccc9n6c87)c54)n3)cccc2c1. The van der Waals surface area contributed by atoms with Gasteiger partial charge in [0.25, 0.3) is 0 Å². The van der Waals surface area contributed by atoms with Gasteiger partial charge in [0.2, 0.25) is 5.95 Å². The lowest BCUT2D eigenvalue weighted by Gasteiger charge is -2.15. The largest absolute Gasteiger partial charge is 0.307 e. The Kier molecular flexibility index (Phi) is 6.26. The zero-order valence-electron chi connectivity index (χ0n) is 32.3. The molecule has 0 spiro atoms. The molecule has 10 aromatic carbocycles. The number of benzene rings is 10. The first-order chi connectivity index (χ1) is 29.8. The molecule has 0 aliphatic carbocycles. The van der Waals surface area contributed by atoms with Crippen LogP contribution in [0.1, 0.15) is 0 Å². The molecule has 4 heteroatoms. The molecule has 0 atom stereocenters. The van der Waals surface area contributed by atoms with E-state index in [-0.39, 0.29) is 0 Å². The third-order valence-corrected chi connectivity index (χ3v) is 13.0. The summed E-state index contributed by atoms with van der Waals surface area (Å²) in [6.45, 7) is 0. The fourth-order valence-electron chi connectivity index (χ4n) is 10.6. The van der Waals surface area contributed by atoms with Crippen molar-refractivity contribution in [3.8, 4) is 28.5 Å². The van der Waals surface area contributed by atoms with Crippen molar-refractivity contribution in [2.24, 2.45) is 0 Å². The van der Waals surface area contributed by atoms with Gasteiger partial charge in [0.15, 0.2) is 0 Å². The van der Waals surface area contributed by atoms with E-state index in [2.05, 4.69) is 203 Å². The van der Waals surface area contributed by atoms with Crippen LogP contribution in [0.25, 0.3) is 131 Å². The zero-order chi connectivity index (χ0) is 39.1. The Labute approximate surface area is 343 Å². The Morgan fingerprint density at radius 1 is 0.300 bits per heavy atom. The van der Waals surface area contributed by atoms with Crippen molar-refractivity contribution in [2.75, 3.05) is 0 Å². The predicted octanol–water partition coefficient (Wildman–Crippen LogP) is 14.7. The van der Waals surface area contributed by atoms with E-state index in [1.807, 2.05) is 0 Å². The Balaban J connectivity index is 1.21. The quantitative estimate of drug-likeness (QED) is 0.168. The van der Waals surface area contributed by atoms with Crippen LogP contribution < -0.4 is 0 Å². The number of aromatic nitrogens is 4. The Hall–Kier alpha value is -8.08. The number of hydrogen-bond donors (Lipinski definition) is 0. The Bertz CT molecular complexity index is 4130. The maximum Gasteiger partial charge on any atom is 0.235 e. The first-order valence-electron chi connectivity index (χ1n) is 20.6. The average Bonchev–Trinajstić information content (AvgIpc) is 3.97. The standard InChI is InChI=1S/C56H32N4/c1-3-18-35-33(15-1)17-13-26-39(35)47-32-48(46-31-34-16-2-4-19-36(34)37-20-5-6-21-38(37)46)58-56(57-47)60-50-30-12-10-25-44(50)51-41-23-7-8-24-43(41)54-52(55(51)60)45-28-14-27-42-40-22-9-11-29-49(40)59(54)53(42)45/h1-32H. The molecule has 0 N–H and O–H groups in total. The molecular weight excluding hydrogens is 729 g/mol. The van der Waals surface area contributed by atoms with Gasteiger partial charge in [0, 0.05) is 48.8 Å². The summed E-state index contributed by atoms with van der Waals surface area (Å²) in [7, 11) is 0. The van der Waals surface area contributed by atoms with Gasteiger partial charge < -0.3 is 4.40 Å². The van der Waals surface area contributed by atoms with Gasteiger partial charge in [-0.1, -0.05) is 170 Å². The predicted molar refractivity (Wildman–Crippen MR) is 252 cm³/mol. The summed E-state index contributed by atoms with van der Waals surface area (Å²) >= 11 is 0. The molecule has 0 bridgehead atoms. The summed E-state index contributed by atoms with van der Waals surface area (Å²) in [5, 5.41) is 16.9. The van der Waals surface area contributed by atoms with E-state index in [0.717, 1.165) is 44.3 Å². The molecule has 14 rings (SSSR count). The van der Waals surface area contributed by atoms with Crippen LogP contribution in [0.5, 0.6) is 0 Å². The van der Waals surface area contributed by atoms with Gasteiger partial charge in [-0.3, -0.25) is 4.57 Å². The van der Waals surface area contributed by atoms with Crippen LogP contribution in [0.3, 0.4) is 0 Å². The second-order valence-corrected chi connectivity index (χ2v) is 16.1. The molecule has 60 heavy (non-hydrogen) atoms. The Morgan fingerprint density at radius 3 is 1.68 bits per heavy atom. The van der Waals surface area contributed by atoms with Crippen LogP contribution in [0, 0.1) is 0 Å². The van der Waals surface area contributed by atoms with Crippen molar-refractivity contribution in [1.82, 2.24) is 18.9 Å². The van der Waals surface area contributed by atoms with Crippen LogP contribution >= 0.6 is 0 Å². The number of rotatable bonds is 3. The lowest BCUT2D eigenvalue weighted by Crippen LogP contribution is -2.04. The molecule has 276 valence electrons. The second kappa shape index (κ2) is 11.8. The minimum atomic E-state index is 0.643. The van der Waals surface area contributed by atoms with Gasteiger partial charge in [-0.2, -0.15) is 0 Å². The molecule has 0 unspecified atom stereocenters. The molecule has 0 saturated heterocycles. The zero-order valence-corrected chi connectivity index (χ0v) is 32.3. The molecule has 0 aliphatic rings. The summed E-state index contributed by atoms with van der Waals surface area (Å²) < 4.78 is 4.88. The van der Waals surface area contributed by atoms with E-state index in [1.54, 1.807) is 0 Å². The lowest BCUT2D eigenvalue weighted by molar-refractivity contribution is 0.999. The average molecular weight is 761 g/mol. The Morgan fingerprint density at radius 2 is 0.850 bits per heavy atom. The highest BCUT2D eigenvalue weighted by Crippen LogP contribution is 2.48. The van der Waals surface area contributed by atoms with Crippen LogP contribution in [0.4, 0.5) is 0 Å². The van der Waals surface area contributed by atoms with Gasteiger partial charge in [-0.05, 0) is 62.0 Å². The second-order valence-electron chi connectivity index (χ2n) is 16.1. The molecule has 4 nitrogen and oxygen atoms in total. The van der Waals surface area contributed by atoms with Crippen molar-refractivity contribution in [1.29, 1.82) is 0 Å². The minimum Gasteiger partial charge on any atom is -0.307 e. The third kappa shape index (κ3) is 4.14. The molecule has 0 saturated carbocycles. The van der Waals surface area contributed by atoms with E-state index in [0.29, 0.717) is 5.95 Å². The van der Waals surface area contributed by atoms with Crippen molar-refractivity contribution < 1.29 is 0 Å². The maximum atomic E-state index is 5.70. The summed E-state index contributed by atoms with van der Waals surface area (Å²) in [5.74, 6) is 0.643. The summed E-state index contributed by atoms with van der Waals surface area (Å²) in [5.41, 5.74) is 9.78. The van der Waals surface area contributed by atoms with Gasteiger partial charge in [0.1, 0.15) is 0 Å². The normalized spacial score (nSPS) is 12.3. The first kappa shape index (κ1) is 31.9. The molecule has 4 aromatic heterocycles. The highest BCUT2D eigenvalue weighted by Gasteiger charge is 2.27. The highest BCUT2D eigenvalue weighted by atomic mass is 15.2. The first-order valence-corrected chi connectivity index (χ1v) is 20.6. The van der Waals surface area contributed by atoms with Crippen LogP contribution in [0.2, 0.25) is 0 Å². The van der Waals surface area contributed by atoms with Crippen LogP contribution in [0.15, 0.2) is 194 Å². The van der Waals surface area contributed by atoms with Crippen molar-refractivity contribution in [2.45, 2.75) is 0 Å². The fraction of sp³-hybridized carbons (Fsp3) is 0. The molecule has 0 amide bonds. The van der Waals surface area contributed by atoms with Crippen LogP contribution in [-0.4, -0.2) is 18.9 Å². The molecule has 14 aromatic rings. The number of fused-ring (bicyclic) bond motifs is 17. The van der Waals surface area contributed by atoms with Crippen LogP contribution in [-0.2, 0) is 0 Å². The van der Waals surface area contributed by atoms with Gasteiger partial charge in [-0.15, -0.1) is 0 Å². The topological polar surface area (TPSA) is 35.1 Å². The third-order valence-electron chi connectivity index (χ3n) is 13.0. The van der Waals surface area contributed by atoms with Crippen molar-refractivity contribution in [3.63, 3.8) is 0 Å². The summed E-state index contributed by atoms with van der Waals surface area (Å²) in [4.78, 5) is 11.3. The molecule has 0 aliphatic heterocycles. The molecule has 4 heterocycles. The van der Waals surface area contributed by atoms with Gasteiger partial charge >= 0.3 is 0 Å². The van der Waals surface area contributed by atoms with E-state index in [4.69, 9.17) is 9.97 Å². The minimum absolute atomic E-state index is 0.643. The lowest BCUT2D eigenvalue weighted by atomic mass is 9.94. The highest BCUT2D eigenvalue weighted by molar-refractivity contribution is 6.39. The smallest absolute Gasteiger partial charge is 0.235 e. The number of para-hydroxylation sites is 3. The molecule has 0 fully saturated rings. The maximum absolute atomic E-state index is 5.70. The van der Waals surface area contributed by atoms with E-state index in [9.17, 15) is 0 Å². The van der Waals surface area contributed by atoms with Gasteiger partial charge in [-0.25, -0.2) is 9.97 Å². The van der Waals surface area contributed by atoms with E-state index in [1.165, 1.54) is 81.2 Å². The fourth-order valence-corrected chi connectivity index (χ4v) is 10.6. The molecular formula is C56H32N4. The van der Waals surface area contributed by atoms with Crippen molar-refractivity contribution >= 4 is 103 Å². The van der Waals surface area contributed by atoms with E-state index >= 15 is 0 Å². The molecule has 0 radical (unpaired) electrons. The van der Waals surface area contributed by atoms with Crippen molar-refractivity contribution in [3.05, 3.63) is 194 Å². The van der Waals surface area contributed by atoms with Gasteiger partial charge in [0.05, 0.1) is 39.0 Å². The monoisotopic (exact) mass is 760 g/mol. The summed E-state index contributed by atoms with van der Waals surface area (Å²) in [6.07, 6.45) is 0. The number of hydrogen-bond acceptors (Lipinski definition) is 2.